The predicted octanol–water partition coefficient (Wildman–Crippen LogP) is 2.74. The van der Waals surface area contributed by atoms with Crippen LogP contribution in [-0.2, 0) is 16.6 Å². The zero-order valence-corrected chi connectivity index (χ0v) is 14.4. The molecule has 1 aromatic heterocycles. The third-order valence-electron chi connectivity index (χ3n) is 3.73. The highest BCUT2D eigenvalue weighted by molar-refractivity contribution is 7.90. The number of hydrogen-bond donors (Lipinski definition) is 0. The first-order valence-corrected chi connectivity index (χ1v) is 9.63. The van der Waals surface area contributed by atoms with Crippen LogP contribution in [0, 0.1) is 0 Å². The summed E-state index contributed by atoms with van der Waals surface area (Å²) in [5, 5.41) is 0. The first-order valence-electron chi connectivity index (χ1n) is 7.37. The summed E-state index contributed by atoms with van der Waals surface area (Å²) in [6, 6.07) is 11.9. The molecule has 0 unspecified atom stereocenters. The van der Waals surface area contributed by atoms with Gasteiger partial charge in [0, 0.05) is 18.7 Å². The summed E-state index contributed by atoms with van der Waals surface area (Å²) in [6.45, 7) is 2.76. The van der Waals surface area contributed by atoms with Gasteiger partial charge in [-0.15, -0.1) is 4.40 Å². The molecule has 4 rings (SSSR count). The van der Waals surface area contributed by atoms with Crippen LogP contribution in [0.4, 0.5) is 0 Å². The van der Waals surface area contributed by atoms with E-state index >= 15 is 0 Å². The van der Waals surface area contributed by atoms with E-state index in [-0.39, 0.29) is 11.7 Å². The number of ether oxygens (including phenoxy) is 2. The molecule has 2 heterocycles. The Hall–Kier alpha value is -2.32. The minimum absolute atomic E-state index is 0.180. The number of fused-ring (bicyclic) bond motifs is 2. The molecule has 124 valence electrons. The standard InChI is InChI=1S/C16H14N2O4S2/c1-2-18-12-8-13-14(22-10-21-13)9-15(12)23-16(18)17-24(19,20)11-6-4-3-5-7-11/h3-9H,2,10H2,1H3. The summed E-state index contributed by atoms with van der Waals surface area (Å²) >= 11 is 1.32. The van der Waals surface area contributed by atoms with Crippen molar-refractivity contribution in [2.75, 3.05) is 6.79 Å². The second-order valence-electron chi connectivity index (χ2n) is 5.18. The SMILES string of the molecule is CCn1c(=NS(=O)(=O)c2ccccc2)sc2cc3c(cc21)OCO3. The quantitative estimate of drug-likeness (QED) is 0.718. The Kier molecular flexibility index (Phi) is 3.58. The lowest BCUT2D eigenvalue weighted by molar-refractivity contribution is 0.174. The molecule has 0 N–H and O–H groups in total. The summed E-state index contributed by atoms with van der Waals surface area (Å²) in [7, 11) is -3.75. The fraction of sp³-hybridized carbons (Fsp3) is 0.188. The van der Waals surface area contributed by atoms with Crippen LogP contribution < -0.4 is 14.3 Å². The van der Waals surface area contributed by atoms with Crippen molar-refractivity contribution in [1.29, 1.82) is 0 Å². The summed E-state index contributed by atoms with van der Waals surface area (Å²) in [6.07, 6.45) is 0. The molecule has 3 aromatic rings. The third kappa shape index (κ3) is 2.47. The molecule has 6 nitrogen and oxygen atoms in total. The van der Waals surface area contributed by atoms with Gasteiger partial charge in [0.25, 0.3) is 10.0 Å². The van der Waals surface area contributed by atoms with Crippen molar-refractivity contribution in [3.63, 3.8) is 0 Å². The van der Waals surface area contributed by atoms with Crippen molar-refractivity contribution < 1.29 is 17.9 Å². The van der Waals surface area contributed by atoms with Crippen LogP contribution >= 0.6 is 11.3 Å². The molecule has 8 heteroatoms. The van der Waals surface area contributed by atoms with Crippen LogP contribution in [0.25, 0.3) is 10.2 Å². The first kappa shape index (κ1) is 15.2. The average Bonchev–Trinajstić information content (AvgIpc) is 3.15. The van der Waals surface area contributed by atoms with E-state index < -0.39 is 10.0 Å². The Bertz CT molecular complexity index is 1080. The minimum Gasteiger partial charge on any atom is -0.454 e. The highest BCUT2D eigenvalue weighted by Crippen LogP contribution is 2.37. The summed E-state index contributed by atoms with van der Waals surface area (Å²) < 4.78 is 42.7. The van der Waals surface area contributed by atoms with E-state index in [0.717, 1.165) is 10.2 Å². The van der Waals surface area contributed by atoms with Crippen molar-refractivity contribution in [3.8, 4) is 11.5 Å². The van der Waals surface area contributed by atoms with Gasteiger partial charge < -0.3 is 14.0 Å². The molecule has 24 heavy (non-hydrogen) atoms. The molecule has 0 aliphatic carbocycles. The Labute approximate surface area is 142 Å². The lowest BCUT2D eigenvalue weighted by Gasteiger charge is -2.02. The van der Waals surface area contributed by atoms with E-state index in [1.54, 1.807) is 30.3 Å². The van der Waals surface area contributed by atoms with Gasteiger partial charge in [0.1, 0.15) is 0 Å². The largest absolute Gasteiger partial charge is 0.454 e. The number of aryl methyl sites for hydroxylation is 1. The monoisotopic (exact) mass is 362 g/mol. The fourth-order valence-electron chi connectivity index (χ4n) is 2.58. The molecule has 0 saturated heterocycles. The van der Waals surface area contributed by atoms with Crippen LogP contribution in [0.2, 0.25) is 0 Å². The lowest BCUT2D eigenvalue weighted by atomic mass is 10.3. The molecule has 0 atom stereocenters. The van der Waals surface area contributed by atoms with Crippen LogP contribution in [-0.4, -0.2) is 19.8 Å². The second-order valence-corrected chi connectivity index (χ2v) is 7.79. The Morgan fingerprint density at radius 2 is 1.88 bits per heavy atom. The fourth-order valence-corrected chi connectivity index (χ4v) is 4.91. The molecule has 0 saturated carbocycles. The molecule has 0 radical (unpaired) electrons. The topological polar surface area (TPSA) is 69.9 Å². The molecule has 0 amide bonds. The molecule has 0 spiro atoms. The minimum atomic E-state index is -3.75. The summed E-state index contributed by atoms with van der Waals surface area (Å²) in [5.74, 6) is 1.34. The van der Waals surface area contributed by atoms with Crippen molar-refractivity contribution >= 4 is 31.6 Å². The number of sulfonamides is 1. The summed E-state index contributed by atoms with van der Waals surface area (Å²) in [5.41, 5.74) is 0.883. The number of thiazole rings is 1. The van der Waals surface area contributed by atoms with Crippen molar-refractivity contribution in [2.45, 2.75) is 18.4 Å². The van der Waals surface area contributed by atoms with E-state index in [1.165, 1.54) is 11.3 Å². The predicted molar refractivity (Wildman–Crippen MR) is 90.8 cm³/mol. The molecular weight excluding hydrogens is 348 g/mol. The van der Waals surface area contributed by atoms with Gasteiger partial charge in [0.15, 0.2) is 11.5 Å². The number of nitrogens with zero attached hydrogens (tertiary/aromatic N) is 2. The van der Waals surface area contributed by atoms with E-state index in [2.05, 4.69) is 4.40 Å². The maximum Gasteiger partial charge on any atom is 0.285 e. The van der Waals surface area contributed by atoms with E-state index in [4.69, 9.17) is 9.47 Å². The number of hydrogen-bond acceptors (Lipinski definition) is 5. The van der Waals surface area contributed by atoms with Gasteiger partial charge in [-0.05, 0) is 19.1 Å². The van der Waals surface area contributed by atoms with E-state index in [0.29, 0.717) is 22.8 Å². The van der Waals surface area contributed by atoms with E-state index in [9.17, 15) is 8.42 Å². The van der Waals surface area contributed by atoms with Crippen molar-refractivity contribution in [2.24, 2.45) is 4.40 Å². The highest BCUT2D eigenvalue weighted by atomic mass is 32.2. The van der Waals surface area contributed by atoms with Gasteiger partial charge in [-0.3, -0.25) is 0 Å². The highest BCUT2D eigenvalue weighted by Gasteiger charge is 2.18. The van der Waals surface area contributed by atoms with E-state index in [1.807, 2.05) is 23.6 Å². The van der Waals surface area contributed by atoms with Gasteiger partial charge >= 0.3 is 0 Å². The zero-order chi connectivity index (χ0) is 16.7. The molecular formula is C16H14N2O4S2. The van der Waals surface area contributed by atoms with Gasteiger partial charge in [0.05, 0.1) is 15.1 Å². The van der Waals surface area contributed by atoms with Crippen LogP contribution in [0.1, 0.15) is 6.92 Å². The molecule has 2 aromatic carbocycles. The smallest absolute Gasteiger partial charge is 0.285 e. The van der Waals surface area contributed by atoms with Crippen molar-refractivity contribution in [1.82, 2.24) is 4.57 Å². The van der Waals surface area contributed by atoms with Crippen LogP contribution in [0.15, 0.2) is 51.8 Å². The normalized spacial score (nSPS) is 14.5. The van der Waals surface area contributed by atoms with Gasteiger partial charge in [-0.1, -0.05) is 29.5 Å². The van der Waals surface area contributed by atoms with Crippen LogP contribution in [0.5, 0.6) is 11.5 Å². The maximum atomic E-state index is 12.5. The number of aromatic nitrogens is 1. The van der Waals surface area contributed by atoms with Gasteiger partial charge in [0.2, 0.25) is 11.6 Å². The Balaban J connectivity index is 1.94. The summed E-state index contributed by atoms with van der Waals surface area (Å²) in [4.78, 5) is 0.610. The average molecular weight is 362 g/mol. The third-order valence-corrected chi connectivity index (χ3v) is 6.17. The van der Waals surface area contributed by atoms with Gasteiger partial charge in [-0.25, -0.2) is 0 Å². The second kappa shape index (κ2) is 5.64. The molecule has 1 aliphatic rings. The molecule has 0 fully saturated rings. The van der Waals surface area contributed by atoms with Crippen molar-refractivity contribution in [3.05, 3.63) is 47.3 Å². The number of benzene rings is 2. The van der Waals surface area contributed by atoms with Gasteiger partial charge in [-0.2, -0.15) is 8.42 Å². The first-order chi connectivity index (χ1) is 11.6. The lowest BCUT2D eigenvalue weighted by Crippen LogP contribution is -2.16. The zero-order valence-electron chi connectivity index (χ0n) is 12.8. The Morgan fingerprint density at radius 3 is 2.58 bits per heavy atom. The maximum absolute atomic E-state index is 12.5. The Morgan fingerprint density at radius 1 is 1.17 bits per heavy atom. The molecule has 0 bridgehead atoms. The van der Waals surface area contributed by atoms with Crippen LogP contribution in [0.3, 0.4) is 0 Å². The number of rotatable bonds is 3. The molecule has 1 aliphatic heterocycles.